The van der Waals surface area contributed by atoms with Crippen LogP contribution < -0.4 is 0 Å². The molecule has 0 heterocycles. The largest absolute Gasteiger partial charge is 0.503 e. The van der Waals surface area contributed by atoms with Crippen molar-refractivity contribution < 1.29 is 22.8 Å². The fourth-order valence-corrected chi connectivity index (χ4v) is 5.64. The lowest BCUT2D eigenvalue weighted by molar-refractivity contribution is -0.161. The average molecular weight is 389 g/mol. The molecule has 0 fully saturated rings. The topological polar surface area (TPSA) is 54.0 Å². The highest BCUT2D eigenvalue weighted by Gasteiger charge is 2.42. The summed E-state index contributed by atoms with van der Waals surface area (Å²) in [5.41, 5.74) is 0. The highest BCUT2D eigenvalue weighted by Crippen LogP contribution is 2.23. The van der Waals surface area contributed by atoms with Gasteiger partial charge in [-0.05, 0) is 27.2 Å². The van der Waals surface area contributed by atoms with Crippen molar-refractivity contribution >= 4 is 14.8 Å². The quantitative estimate of drug-likeness (QED) is 0.100. The highest BCUT2D eigenvalue weighted by molar-refractivity contribution is 6.60. The Hall–Kier alpha value is -0.693. The second-order valence-electron chi connectivity index (χ2n) is 6.45. The molecule has 0 rings (SSSR count). The van der Waals surface area contributed by atoms with Crippen molar-refractivity contribution in [2.45, 2.75) is 97.8 Å². The second kappa shape index (κ2) is 16.5. The standard InChI is InChI=1S/C20H40O5Si/c1-6-10-11-12-13-14-15-16-17-18-26(22-8-3,23-9-4)25-19(5)24-20(21)7-2/h7,19H,2,6,8-18H2,1,3-5H3. The van der Waals surface area contributed by atoms with Gasteiger partial charge >= 0.3 is 14.8 Å². The van der Waals surface area contributed by atoms with Gasteiger partial charge in [-0.1, -0.05) is 64.9 Å². The lowest BCUT2D eigenvalue weighted by atomic mass is 10.1. The summed E-state index contributed by atoms with van der Waals surface area (Å²) < 4.78 is 22.9. The Bertz CT molecular complexity index is 356. The first-order chi connectivity index (χ1) is 12.5. The molecule has 0 saturated heterocycles. The number of hydrogen-bond acceptors (Lipinski definition) is 5. The molecule has 0 aliphatic heterocycles. The fourth-order valence-electron chi connectivity index (χ4n) is 2.89. The normalized spacial score (nSPS) is 12.8. The molecule has 154 valence electrons. The van der Waals surface area contributed by atoms with E-state index in [0.717, 1.165) is 25.0 Å². The van der Waals surface area contributed by atoms with Gasteiger partial charge in [-0.2, -0.15) is 0 Å². The van der Waals surface area contributed by atoms with Crippen LogP contribution in [0.2, 0.25) is 6.04 Å². The zero-order valence-corrected chi connectivity index (χ0v) is 18.4. The lowest BCUT2D eigenvalue weighted by Crippen LogP contribution is -2.48. The molecule has 1 unspecified atom stereocenters. The predicted molar refractivity (Wildman–Crippen MR) is 108 cm³/mol. The highest BCUT2D eigenvalue weighted by atomic mass is 28.4. The molecule has 6 heteroatoms. The molecular weight excluding hydrogens is 348 g/mol. The van der Waals surface area contributed by atoms with E-state index in [1.807, 2.05) is 13.8 Å². The molecule has 0 radical (unpaired) electrons. The van der Waals surface area contributed by atoms with E-state index in [2.05, 4.69) is 13.5 Å². The zero-order valence-electron chi connectivity index (χ0n) is 17.4. The SMILES string of the molecule is C=CC(=O)OC(C)O[Si](CCCCCCCCCCC)(OCC)OCC. The molecule has 0 saturated carbocycles. The Balaban J connectivity index is 4.31. The zero-order chi connectivity index (χ0) is 19.7. The Morgan fingerprint density at radius 1 is 0.923 bits per heavy atom. The molecule has 0 aliphatic rings. The van der Waals surface area contributed by atoms with E-state index in [-0.39, 0.29) is 0 Å². The molecular formula is C20H40O5Si. The van der Waals surface area contributed by atoms with Crippen molar-refractivity contribution in [3.05, 3.63) is 12.7 Å². The minimum atomic E-state index is -2.84. The Morgan fingerprint density at radius 3 is 1.88 bits per heavy atom. The molecule has 0 aromatic heterocycles. The summed E-state index contributed by atoms with van der Waals surface area (Å²) in [6.45, 7) is 12.2. The van der Waals surface area contributed by atoms with Crippen molar-refractivity contribution in [1.82, 2.24) is 0 Å². The van der Waals surface area contributed by atoms with Crippen LogP contribution >= 0.6 is 0 Å². The van der Waals surface area contributed by atoms with Crippen molar-refractivity contribution in [1.29, 1.82) is 0 Å². The number of hydrogen-bond donors (Lipinski definition) is 0. The molecule has 0 spiro atoms. The van der Waals surface area contributed by atoms with Crippen LogP contribution in [0.4, 0.5) is 0 Å². The van der Waals surface area contributed by atoms with Gasteiger partial charge < -0.3 is 18.0 Å². The van der Waals surface area contributed by atoms with Crippen molar-refractivity contribution in [3.63, 3.8) is 0 Å². The van der Waals surface area contributed by atoms with Crippen LogP contribution in [0.15, 0.2) is 12.7 Å². The predicted octanol–water partition coefficient (Wildman–Crippen LogP) is 5.62. The molecule has 5 nitrogen and oxygen atoms in total. The maximum absolute atomic E-state index is 11.4. The summed E-state index contributed by atoms with van der Waals surface area (Å²) in [5, 5.41) is 0. The summed E-state index contributed by atoms with van der Waals surface area (Å²) in [6.07, 6.45) is 11.8. The first kappa shape index (κ1) is 25.3. The Kier molecular flexibility index (Phi) is 16.0. The van der Waals surface area contributed by atoms with Crippen LogP contribution in [0.1, 0.15) is 85.5 Å². The molecule has 26 heavy (non-hydrogen) atoms. The van der Waals surface area contributed by atoms with E-state index in [9.17, 15) is 4.79 Å². The van der Waals surface area contributed by atoms with Gasteiger partial charge in [-0.15, -0.1) is 0 Å². The van der Waals surface area contributed by atoms with Crippen LogP contribution in [0.25, 0.3) is 0 Å². The number of unbranched alkanes of at least 4 members (excludes halogenated alkanes) is 8. The molecule has 0 bridgehead atoms. The number of carbonyl (C=O) groups excluding carboxylic acids is 1. The minimum absolute atomic E-state index is 0.503. The van der Waals surface area contributed by atoms with Crippen molar-refractivity contribution in [2.24, 2.45) is 0 Å². The van der Waals surface area contributed by atoms with Crippen LogP contribution in [0, 0.1) is 0 Å². The monoisotopic (exact) mass is 388 g/mol. The van der Waals surface area contributed by atoms with E-state index in [4.69, 9.17) is 18.0 Å². The molecule has 0 N–H and O–H groups in total. The second-order valence-corrected chi connectivity index (χ2v) is 9.13. The van der Waals surface area contributed by atoms with Crippen LogP contribution in [0.5, 0.6) is 0 Å². The third-order valence-electron chi connectivity index (χ3n) is 4.11. The molecule has 0 amide bonds. The molecule has 0 aromatic carbocycles. The third-order valence-corrected chi connectivity index (χ3v) is 7.22. The van der Waals surface area contributed by atoms with E-state index in [0.29, 0.717) is 13.2 Å². The summed E-state index contributed by atoms with van der Waals surface area (Å²) >= 11 is 0. The fraction of sp³-hybridized carbons (Fsp3) is 0.850. The van der Waals surface area contributed by atoms with Gasteiger partial charge in [-0.25, -0.2) is 4.79 Å². The van der Waals surface area contributed by atoms with E-state index in [1.165, 1.54) is 44.9 Å². The van der Waals surface area contributed by atoms with Gasteiger partial charge in [0.05, 0.1) is 0 Å². The first-order valence-corrected chi connectivity index (χ1v) is 12.3. The van der Waals surface area contributed by atoms with Gasteiger partial charge in [-0.3, -0.25) is 0 Å². The number of carbonyl (C=O) groups is 1. The van der Waals surface area contributed by atoms with Gasteiger partial charge in [0.25, 0.3) is 0 Å². The number of esters is 1. The average Bonchev–Trinajstić information content (AvgIpc) is 2.60. The van der Waals surface area contributed by atoms with Crippen LogP contribution in [0.3, 0.4) is 0 Å². The van der Waals surface area contributed by atoms with Crippen molar-refractivity contribution in [3.8, 4) is 0 Å². The molecule has 0 aliphatic carbocycles. The minimum Gasteiger partial charge on any atom is -0.434 e. The van der Waals surface area contributed by atoms with Gasteiger partial charge in [0.2, 0.25) is 0 Å². The van der Waals surface area contributed by atoms with Crippen LogP contribution in [-0.4, -0.2) is 34.3 Å². The summed E-state index contributed by atoms with van der Waals surface area (Å²) in [5.74, 6) is -0.503. The van der Waals surface area contributed by atoms with E-state index in [1.54, 1.807) is 6.92 Å². The number of ether oxygens (including phenoxy) is 1. The summed E-state index contributed by atoms with van der Waals surface area (Å²) in [7, 11) is -2.84. The third kappa shape index (κ3) is 12.6. The maximum atomic E-state index is 11.4. The Labute approximate surface area is 161 Å². The maximum Gasteiger partial charge on any atom is 0.503 e. The Morgan fingerprint density at radius 2 is 1.42 bits per heavy atom. The molecule has 1 atom stereocenters. The summed E-state index contributed by atoms with van der Waals surface area (Å²) in [4.78, 5) is 11.4. The van der Waals surface area contributed by atoms with Gasteiger partial charge in [0.1, 0.15) is 0 Å². The van der Waals surface area contributed by atoms with E-state index >= 15 is 0 Å². The van der Waals surface area contributed by atoms with E-state index < -0.39 is 21.1 Å². The summed E-state index contributed by atoms with van der Waals surface area (Å²) in [6, 6.07) is 0.750. The van der Waals surface area contributed by atoms with Gasteiger partial charge in [0, 0.05) is 25.3 Å². The van der Waals surface area contributed by atoms with Crippen molar-refractivity contribution in [2.75, 3.05) is 13.2 Å². The van der Waals surface area contributed by atoms with Gasteiger partial charge in [0.15, 0.2) is 6.29 Å². The first-order valence-electron chi connectivity index (χ1n) is 10.3. The van der Waals surface area contributed by atoms with Crippen LogP contribution in [-0.2, 0) is 22.8 Å². The molecule has 0 aromatic rings. The lowest BCUT2D eigenvalue weighted by Gasteiger charge is -2.31. The smallest absolute Gasteiger partial charge is 0.434 e. The number of rotatable bonds is 18.